The van der Waals surface area contributed by atoms with E-state index in [1.165, 1.54) is 0 Å². The van der Waals surface area contributed by atoms with Crippen LogP contribution >= 0.6 is 0 Å². The van der Waals surface area contributed by atoms with Crippen molar-refractivity contribution in [3.05, 3.63) is 71.3 Å². The molecule has 2 heteroatoms. The number of carbonyl (C=O) groups excluding carboxylic acids is 2. The highest BCUT2D eigenvalue weighted by Gasteiger charge is 2.07. The average molecular weight is 223 g/mol. The maximum Gasteiger partial charge on any atom is 0.203 e. The Morgan fingerprint density at radius 3 is 2.06 bits per heavy atom. The van der Waals surface area contributed by atoms with E-state index < -0.39 is 0 Å². The molecule has 0 aliphatic rings. The highest BCUT2D eigenvalue weighted by Crippen LogP contribution is 2.11. The van der Waals surface area contributed by atoms with Crippen molar-refractivity contribution in [3.63, 3.8) is 0 Å². The Labute approximate surface area is 99.9 Å². The molecule has 0 atom stereocenters. The van der Waals surface area contributed by atoms with Gasteiger partial charge in [-0.15, -0.1) is 0 Å². The van der Waals surface area contributed by atoms with Gasteiger partial charge < -0.3 is 0 Å². The second-order valence-electron chi connectivity index (χ2n) is 3.71. The molecular formula is C15H11O2. The zero-order valence-electron chi connectivity index (χ0n) is 9.22. The smallest absolute Gasteiger partial charge is 0.203 e. The molecule has 0 saturated heterocycles. The van der Waals surface area contributed by atoms with Gasteiger partial charge in [0, 0.05) is 17.5 Å². The topological polar surface area (TPSA) is 34.1 Å². The Morgan fingerprint density at radius 1 is 0.882 bits per heavy atom. The SMILES string of the molecule is O=[C]Cc1ccc(C(=O)c2ccccc2)cc1. The maximum atomic E-state index is 12.0. The second-order valence-corrected chi connectivity index (χ2v) is 3.71. The van der Waals surface area contributed by atoms with E-state index in [4.69, 9.17) is 0 Å². The van der Waals surface area contributed by atoms with Crippen molar-refractivity contribution in [2.75, 3.05) is 0 Å². The lowest BCUT2D eigenvalue weighted by atomic mass is 10.0. The van der Waals surface area contributed by atoms with Gasteiger partial charge in [-0.3, -0.25) is 9.59 Å². The third-order valence-electron chi connectivity index (χ3n) is 2.53. The summed E-state index contributed by atoms with van der Waals surface area (Å²) in [4.78, 5) is 22.3. The Balaban J connectivity index is 2.23. The third kappa shape index (κ3) is 2.67. The van der Waals surface area contributed by atoms with Crippen LogP contribution in [-0.4, -0.2) is 12.1 Å². The van der Waals surface area contributed by atoms with Crippen molar-refractivity contribution in [3.8, 4) is 0 Å². The lowest BCUT2D eigenvalue weighted by molar-refractivity contribution is 0.103. The number of hydrogen-bond donors (Lipinski definition) is 0. The number of benzene rings is 2. The van der Waals surface area contributed by atoms with E-state index in [9.17, 15) is 9.59 Å². The number of hydrogen-bond acceptors (Lipinski definition) is 2. The third-order valence-corrected chi connectivity index (χ3v) is 2.53. The van der Waals surface area contributed by atoms with Gasteiger partial charge in [0.2, 0.25) is 6.29 Å². The minimum Gasteiger partial charge on any atom is -0.291 e. The molecule has 0 N–H and O–H groups in total. The molecule has 0 fully saturated rings. The van der Waals surface area contributed by atoms with E-state index in [0.29, 0.717) is 11.1 Å². The summed E-state index contributed by atoms with van der Waals surface area (Å²) in [5, 5.41) is 0. The Bertz CT molecular complexity index is 512. The standard InChI is InChI=1S/C15H11O2/c16-11-10-12-6-8-14(9-7-12)15(17)13-4-2-1-3-5-13/h1-9H,10H2. The van der Waals surface area contributed by atoms with Crippen LogP contribution in [0.4, 0.5) is 0 Å². The molecule has 1 radical (unpaired) electrons. The van der Waals surface area contributed by atoms with Crippen LogP contribution < -0.4 is 0 Å². The highest BCUT2D eigenvalue weighted by molar-refractivity contribution is 6.08. The molecule has 0 saturated carbocycles. The van der Waals surface area contributed by atoms with Gasteiger partial charge in [0.05, 0.1) is 0 Å². The summed E-state index contributed by atoms with van der Waals surface area (Å²) in [6.45, 7) is 0. The lowest BCUT2D eigenvalue weighted by Gasteiger charge is -2.01. The largest absolute Gasteiger partial charge is 0.291 e. The van der Waals surface area contributed by atoms with Crippen molar-refractivity contribution in [1.82, 2.24) is 0 Å². The van der Waals surface area contributed by atoms with E-state index in [0.717, 1.165) is 5.56 Å². The van der Waals surface area contributed by atoms with E-state index in [-0.39, 0.29) is 12.2 Å². The summed E-state index contributed by atoms with van der Waals surface area (Å²) in [5.74, 6) is -0.00719. The fourth-order valence-corrected chi connectivity index (χ4v) is 1.61. The van der Waals surface area contributed by atoms with Crippen LogP contribution in [0.2, 0.25) is 0 Å². The van der Waals surface area contributed by atoms with E-state index in [1.807, 2.05) is 24.5 Å². The van der Waals surface area contributed by atoms with Gasteiger partial charge in [-0.05, 0) is 5.56 Å². The Hall–Kier alpha value is -2.22. The molecule has 2 aromatic rings. The van der Waals surface area contributed by atoms with Gasteiger partial charge >= 0.3 is 0 Å². The van der Waals surface area contributed by atoms with Crippen LogP contribution in [0.15, 0.2) is 54.6 Å². The van der Waals surface area contributed by atoms with E-state index in [2.05, 4.69) is 0 Å². The fraction of sp³-hybridized carbons (Fsp3) is 0.0667. The average Bonchev–Trinajstić information content (AvgIpc) is 2.40. The normalized spacial score (nSPS) is 9.88. The van der Waals surface area contributed by atoms with Crippen LogP contribution in [0.25, 0.3) is 0 Å². The second kappa shape index (κ2) is 5.21. The first kappa shape index (κ1) is 11.3. The molecule has 83 valence electrons. The molecule has 0 aliphatic carbocycles. The summed E-state index contributed by atoms with van der Waals surface area (Å²) in [6, 6.07) is 16.2. The van der Waals surface area contributed by atoms with Crippen molar-refractivity contribution < 1.29 is 9.59 Å². The van der Waals surface area contributed by atoms with Gasteiger partial charge in [0.25, 0.3) is 0 Å². The maximum absolute atomic E-state index is 12.0. The summed E-state index contributed by atoms with van der Waals surface area (Å²) in [6.07, 6.45) is 2.09. The van der Waals surface area contributed by atoms with Gasteiger partial charge in [-0.2, -0.15) is 0 Å². The quantitative estimate of drug-likeness (QED) is 0.746. The van der Waals surface area contributed by atoms with Crippen LogP contribution in [0, 0.1) is 0 Å². The van der Waals surface area contributed by atoms with Crippen molar-refractivity contribution in [2.24, 2.45) is 0 Å². The van der Waals surface area contributed by atoms with E-state index in [1.54, 1.807) is 36.4 Å². The van der Waals surface area contributed by atoms with Crippen molar-refractivity contribution in [1.29, 1.82) is 0 Å². The van der Waals surface area contributed by atoms with Gasteiger partial charge in [0.15, 0.2) is 5.78 Å². The van der Waals surface area contributed by atoms with Gasteiger partial charge in [0.1, 0.15) is 0 Å². The first-order valence-electron chi connectivity index (χ1n) is 5.35. The predicted octanol–water partition coefficient (Wildman–Crippen LogP) is 2.57. The van der Waals surface area contributed by atoms with Gasteiger partial charge in [-0.1, -0.05) is 54.6 Å². The molecule has 0 bridgehead atoms. The van der Waals surface area contributed by atoms with E-state index >= 15 is 0 Å². The van der Waals surface area contributed by atoms with Crippen LogP contribution in [0.5, 0.6) is 0 Å². The molecule has 0 amide bonds. The minimum atomic E-state index is -0.00719. The zero-order valence-corrected chi connectivity index (χ0v) is 9.22. The van der Waals surface area contributed by atoms with Crippen molar-refractivity contribution >= 4 is 12.1 Å². The molecular weight excluding hydrogens is 212 g/mol. The monoisotopic (exact) mass is 223 g/mol. The number of ketones is 1. The summed E-state index contributed by atoms with van der Waals surface area (Å²) < 4.78 is 0. The Kier molecular flexibility index (Phi) is 3.46. The van der Waals surface area contributed by atoms with Crippen LogP contribution in [0.3, 0.4) is 0 Å². The van der Waals surface area contributed by atoms with Crippen LogP contribution in [0.1, 0.15) is 21.5 Å². The summed E-state index contributed by atoms with van der Waals surface area (Å²) >= 11 is 0. The predicted molar refractivity (Wildman–Crippen MR) is 65.7 cm³/mol. The summed E-state index contributed by atoms with van der Waals surface area (Å²) in [5.41, 5.74) is 2.16. The molecule has 2 nitrogen and oxygen atoms in total. The van der Waals surface area contributed by atoms with Gasteiger partial charge in [-0.25, -0.2) is 0 Å². The molecule has 0 aliphatic heterocycles. The molecule has 17 heavy (non-hydrogen) atoms. The molecule has 0 aromatic heterocycles. The molecule has 0 unspecified atom stereocenters. The lowest BCUT2D eigenvalue weighted by Crippen LogP contribution is -2.01. The minimum absolute atomic E-state index is 0.00719. The van der Waals surface area contributed by atoms with Crippen molar-refractivity contribution in [2.45, 2.75) is 6.42 Å². The number of carbonyl (C=O) groups is 1. The molecule has 0 heterocycles. The first-order valence-corrected chi connectivity index (χ1v) is 5.35. The molecule has 2 aromatic carbocycles. The Morgan fingerprint density at radius 2 is 1.47 bits per heavy atom. The highest BCUT2D eigenvalue weighted by atomic mass is 16.1. The molecule has 0 spiro atoms. The van der Waals surface area contributed by atoms with Crippen LogP contribution in [-0.2, 0) is 11.2 Å². The first-order chi connectivity index (χ1) is 8.31. The molecule has 2 rings (SSSR count). The summed E-state index contributed by atoms with van der Waals surface area (Å²) in [7, 11) is 0. The fourth-order valence-electron chi connectivity index (χ4n) is 1.61. The zero-order chi connectivity index (χ0) is 12.1. The number of rotatable bonds is 4.